The molecule has 0 aliphatic rings. The van der Waals surface area contributed by atoms with Crippen LogP contribution in [0.1, 0.15) is 32.6 Å². The van der Waals surface area contributed by atoms with Gasteiger partial charge in [0.05, 0.1) is 10.6 Å². The molecular formula is C24H26N2O3S. The Morgan fingerprint density at radius 1 is 0.900 bits per heavy atom. The highest BCUT2D eigenvalue weighted by molar-refractivity contribution is 7.92. The van der Waals surface area contributed by atoms with E-state index in [4.69, 9.17) is 0 Å². The van der Waals surface area contributed by atoms with Crippen molar-refractivity contribution >= 4 is 21.6 Å². The van der Waals surface area contributed by atoms with Crippen LogP contribution in [-0.2, 0) is 16.6 Å². The lowest BCUT2D eigenvalue weighted by molar-refractivity contribution is 0.0785. The van der Waals surface area contributed by atoms with Crippen LogP contribution in [0.2, 0.25) is 0 Å². The van der Waals surface area contributed by atoms with Crippen molar-refractivity contribution in [1.29, 1.82) is 0 Å². The van der Waals surface area contributed by atoms with Crippen molar-refractivity contribution in [3.05, 3.63) is 94.5 Å². The van der Waals surface area contributed by atoms with Crippen molar-refractivity contribution in [2.75, 3.05) is 11.8 Å². The minimum Gasteiger partial charge on any atom is -0.337 e. The minimum atomic E-state index is -3.74. The summed E-state index contributed by atoms with van der Waals surface area (Å²) in [5, 5.41) is 0. The predicted octanol–water partition coefficient (Wildman–Crippen LogP) is 4.68. The molecule has 6 heteroatoms. The molecule has 0 atom stereocenters. The summed E-state index contributed by atoms with van der Waals surface area (Å²) in [4.78, 5) is 14.7. The summed E-state index contributed by atoms with van der Waals surface area (Å²) in [7, 11) is -2.01. The molecule has 0 unspecified atom stereocenters. The van der Waals surface area contributed by atoms with E-state index in [9.17, 15) is 13.2 Å². The number of anilines is 1. The molecule has 3 rings (SSSR count). The van der Waals surface area contributed by atoms with Gasteiger partial charge in [-0.15, -0.1) is 0 Å². The molecule has 156 valence electrons. The van der Waals surface area contributed by atoms with Crippen LogP contribution in [0.4, 0.5) is 5.69 Å². The molecule has 1 amide bonds. The Morgan fingerprint density at radius 3 is 2.27 bits per heavy atom. The third kappa shape index (κ3) is 5.07. The maximum Gasteiger partial charge on any atom is 0.261 e. The van der Waals surface area contributed by atoms with Crippen molar-refractivity contribution < 1.29 is 13.2 Å². The minimum absolute atomic E-state index is 0.174. The first-order valence-corrected chi connectivity index (χ1v) is 11.2. The molecule has 5 nitrogen and oxygen atoms in total. The maximum absolute atomic E-state index is 12.9. The third-order valence-corrected chi connectivity index (χ3v) is 6.29. The second kappa shape index (κ2) is 8.71. The molecule has 0 bridgehead atoms. The van der Waals surface area contributed by atoms with Crippen molar-refractivity contribution in [2.45, 2.75) is 32.2 Å². The van der Waals surface area contributed by atoms with Gasteiger partial charge in [0.25, 0.3) is 15.9 Å². The predicted molar refractivity (Wildman–Crippen MR) is 120 cm³/mol. The zero-order valence-corrected chi connectivity index (χ0v) is 18.5. The van der Waals surface area contributed by atoms with Gasteiger partial charge in [0.2, 0.25) is 0 Å². The van der Waals surface area contributed by atoms with Crippen molar-refractivity contribution in [1.82, 2.24) is 4.90 Å². The number of nitrogens with one attached hydrogen (secondary N) is 1. The van der Waals surface area contributed by atoms with E-state index in [1.165, 1.54) is 0 Å². The van der Waals surface area contributed by atoms with Gasteiger partial charge in [-0.2, -0.15) is 0 Å². The van der Waals surface area contributed by atoms with Crippen LogP contribution in [0.5, 0.6) is 0 Å². The standard InChI is InChI=1S/C24H26N2O3S/c1-17-8-12-22(13-9-17)30(28,29)25-23-15-21(11-10-19(23)3)24(27)26(4)16-20-7-5-6-18(2)14-20/h5-15,25H,16H2,1-4H3. The number of carbonyl (C=O) groups excluding carboxylic acids is 1. The SMILES string of the molecule is Cc1ccc(S(=O)(=O)Nc2cc(C(=O)N(C)Cc3cccc(C)c3)ccc2C)cc1. The fourth-order valence-corrected chi connectivity index (χ4v) is 4.28. The summed E-state index contributed by atoms with van der Waals surface area (Å²) < 4.78 is 28.1. The van der Waals surface area contributed by atoms with Gasteiger partial charge in [-0.25, -0.2) is 8.42 Å². The van der Waals surface area contributed by atoms with Crippen LogP contribution in [0.25, 0.3) is 0 Å². The smallest absolute Gasteiger partial charge is 0.261 e. The topological polar surface area (TPSA) is 66.5 Å². The third-order valence-electron chi connectivity index (χ3n) is 4.91. The first-order chi connectivity index (χ1) is 14.2. The van der Waals surface area contributed by atoms with Gasteiger partial charge in [0.1, 0.15) is 0 Å². The van der Waals surface area contributed by atoms with Gasteiger partial charge in [0.15, 0.2) is 0 Å². The second-order valence-corrected chi connectivity index (χ2v) is 9.28. The number of hydrogen-bond acceptors (Lipinski definition) is 3. The Hall–Kier alpha value is -3.12. The van der Waals surface area contributed by atoms with Gasteiger partial charge in [-0.05, 0) is 56.2 Å². The molecule has 0 saturated carbocycles. The lowest BCUT2D eigenvalue weighted by atomic mass is 10.1. The van der Waals surface area contributed by atoms with E-state index in [1.807, 2.05) is 38.1 Å². The molecular weight excluding hydrogens is 396 g/mol. The Bertz CT molecular complexity index is 1170. The molecule has 0 heterocycles. The number of benzene rings is 3. The van der Waals surface area contributed by atoms with Crippen LogP contribution >= 0.6 is 0 Å². The molecule has 0 fully saturated rings. The van der Waals surface area contributed by atoms with Crippen LogP contribution < -0.4 is 4.72 Å². The van der Waals surface area contributed by atoms with E-state index in [-0.39, 0.29) is 10.8 Å². The number of nitrogens with zero attached hydrogens (tertiary/aromatic N) is 1. The average Bonchev–Trinajstić information content (AvgIpc) is 2.69. The van der Waals surface area contributed by atoms with E-state index in [0.717, 1.165) is 22.3 Å². The zero-order valence-electron chi connectivity index (χ0n) is 17.6. The van der Waals surface area contributed by atoms with Gasteiger partial charge >= 0.3 is 0 Å². The van der Waals surface area contributed by atoms with E-state index in [1.54, 1.807) is 61.3 Å². The number of carbonyl (C=O) groups is 1. The van der Waals surface area contributed by atoms with Crippen LogP contribution in [0.3, 0.4) is 0 Å². The van der Waals surface area contributed by atoms with Crippen molar-refractivity contribution in [3.8, 4) is 0 Å². The summed E-state index contributed by atoms with van der Waals surface area (Å²) in [6.07, 6.45) is 0. The number of amides is 1. The van der Waals surface area contributed by atoms with Gasteiger partial charge < -0.3 is 4.90 Å². The number of aryl methyl sites for hydroxylation is 3. The fraction of sp³-hybridized carbons (Fsp3) is 0.208. The highest BCUT2D eigenvalue weighted by Gasteiger charge is 2.18. The van der Waals surface area contributed by atoms with Gasteiger partial charge in [-0.1, -0.05) is 53.6 Å². The highest BCUT2D eigenvalue weighted by Crippen LogP contribution is 2.22. The van der Waals surface area contributed by atoms with E-state index >= 15 is 0 Å². The molecule has 3 aromatic carbocycles. The summed E-state index contributed by atoms with van der Waals surface area (Å²) in [6, 6.07) is 19.7. The van der Waals surface area contributed by atoms with E-state index in [2.05, 4.69) is 4.72 Å². The number of rotatable bonds is 6. The average molecular weight is 423 g/mol. The lowest BCUT2D eigenvalue weighted by Gasteiger charge is -2.19. The monoisotopic (exact) mass is 422 g/mol. The summed E-state index contributed by atoms with van der Waals surface area (Å²) in [6.45, 7) is 6.19. The first kappa shape index (κ1) is 21.6. The molecule has 30 heavy (non-hydrogen) atoms. The molecule has 0 saturated heterocycles. The Balaban J connectivity index is 1.82. The van der Waals surface area contributed by atoms with E-state index < -0.39 is 10.0 Å². The molecule has 1 N–H and O–H groups in total. The quantitative estimate of drug-likeness (QED) is 0.627. The number of sulfonamides is 1. The normalized spacial score (nSPS) is 11.2. The van der Waals surface area contributed by atoms with E-state index in [0.29, 0.717) is 17.8 Å². The number of hydrogen-bond donors (Lipinski definition) is 1. The van der Waals surface area contributed by atoms with Gasteiger partial charge in [-0.3, -0.25) is 9.52 Å². The summed E-state index contributed by atoms with van der Waals surface area (Å²) in [5.41, 5.74) is 4.72. The molecule has 0 aliphatic heterocycles. The van der Waals surface area contributed by atoms with Crippen LogP contribution in [0, 0.1) is 20.8 Å². The largest absolute Gasteiger partial charge is 0.337 e. The Kier molecular flexibility index (Phi) is 6.27. The van der Waals surface area contributed by atoms with Crippen LogP contribution in [0.15, 0.2) is 71.6 Å². The Labute approximate surface area is 178 Å². The highest BCUT2D eigenvalue weighted by atomic mass is 32.2. The zero-order chi connectivity index (χ0) is 21.9. The second-order valence-electron chi connectivity index (χ2n) is 7.60. The molecule has 0 radical (unpaired) electrons. The maximum atomic E-state index is 12.9. The van der Waals surface area contributed by atoms with Crippen LogP contribution in [-0.4, -0.2) is 26.3 Å². The summed E-state index contributed by atoms with van der Waals surface area (Å²) >= 11 is 0. The van der Waals surface area contributed by atoms with Crippen molar-refractivity contribution in [2.24, 2.45) is 0 Å². The molecule has 3 aromatic rings. The first-order valence-electron chi connectivity index (χ1n) is 9.67. The van der Waals surface area contributed by atoms with Crippen molar-refractivity contribution in [3.63, 3.8) is 0 Å². The lowest BCUT2D eigenvalue weighted by Crippen LogP contribution is -2.26. The molecule has 0 spiro atoms. The Morgan fingerprint density at radius 2 is 1.60 bits per heavy atom. The molecule has 0 aliphatic carbocycles. The fourth-order valence-electron chi connectivity index (χ4n) is 3.16. The molecule has 0 aromatic heterocycles. The summed E-state index contributed by atoms with van der Waals surface area (Å²) in [5.74, 6) is -0.174. The van der Waals surface area contributed by atoms with Gasteiger partial charge in [0, 0.05) is 19.2 Å².